The maximum atomic E-state index is 5.86. The zero-order valence-corrected chi connectivity index (χ0v) is 8.72. The van der Waals surface area contributed by atoms with Crippen LogP contribution >= 0.6 is 11.6 Å². The number of rotatable bonds is 4. The molecule has 13 heavy (non-hydrogen) atoms. The number of halogens is 1. The van der Waals surface area contributed by atoms with Gasteiger partial charge in [0.15, 0.2) is 0 Å². The Morgan fingerprint density at radius 2 is 2.23 bits per heavy atom. The molecule has 2 N–H and O–H groups in total. The van der Waals surface area contributed by atoms with Gasteiger partial charge in [-0.25, -0.2) is 0 Å². The summed E-state index contributed by atoms with van der Waals surface area (Å²) in [5.41, 5.74) is 7.10. The van der Waals surface area contributed by atoms with E-state index in [1.54, 1.807) is 0 Å². The van der Waals surface area contributed by atoms with E-state index in [-0.39, 0.29) is 0 Å². The van der Waals surface area contributed by atoms with Gasteiger partial charge in [-0.3, -0.25) is 0 Å². The highest BCUT2D eigenvalue weighted by Crippen LogP contribution is 2.12. The van der Waals surface area contributed by atoms with Crippen molar-refractivity contribution >= 4 is 11.6 Å². The van der Waals surface area contributed by atoms with E-state index in [1.165, 1.54) is 5.56 Å². The fourth-order valence-corrected chi connectivity index (χ4v) is 1.46. The lowest BCUT2D eigenvalue weighted by molar-refractivity contribution is 0.596. The fraction of sp³-hybridized carbons (Fsp3) is 0.455. The maximum absolute atomic E-state index is 5.86. The second-order valence-corrected chi connectivity index (χ2v) is 3.77. The van der Waals surface area contributed by atoms with E-state index in [1.807, 2.05) is 18.2 Å². The van der Waals surface area contributed by atoms with Crippen LogP contribution in [0.3, 0.4) is 0 Å². The van der Waals surface area contributed by atoms with Crippen molar-refractivity contribution in [1.82, 2.24) is 0 Å². The van der Waals surface area contributed by atoms with Gasteiger partial charge in [-0.2, -0.15) is 0 Å². The van der Waals surface area contributed by atoms with Crippen LogP contribution in [0.5, 0.6) is 0 Å². The third-order valence-electron chi connectivity index (χ3n) is 2.22. The summed E-state index contributed by atoms with van der Waals surface area (Å²) < 4.78 is 0. The van der Waals surface area contributed by atoms with Crippen molar-refractivity contribution in [1.29, 1.82) is 0 Å². The van der Waals surface area contributed by atoms with Gasteiger partial charge in [-0.05, 0) is 37.0 Å². The van der Waals surface area contributed by atoms with E-state index in [0.29, 0.717) is 6.04 Å². The van der Waals surface area contributed by atoms with E-state index in [9.17, 15) is 0 Å². The molecule has 0 radical (unpaired) electrons. The van der Waals surface area contributed by atoms with E-state index < -0.39 is 0 Å². The van der Waals surface area contributed by atoms with E-state index in [0.717, 1.165) is 24.3 Å². The normalized spacial score (nSPS) is 12.8. The zero-order chi connectivity index (χ0) is 9.68. The predicted molar refractivity (Wildman–Crippen MR) is 58.0 cm³/mol. The first kappa shape index (κ1) is 10.6. The minimum atomic E-state index is 0.319. The summed E-state index contributed by atoms with van der Waals surface area (Å²) in [6.07, 6.45) is 3.10. The third kappa shape index (κ3) is 3.79. The number of nitrogens with two attached hydrogens (primary N) is 1. The number of aryl methyl sites for hydroxylation is 1. The molecule has 0 spiro atoms. The highest BCUT2D eigenvalue weighted by Gasteiger charge is 2.00. The molecule has 0 heterocycles. The van der Waals surface area contributed by atoms with Crippen LogP contribution in [-0.4, -0.2) is 6.04 Å². The molecule has 1 atom stereocenters. The molecule has 1 rings (SSSR count). The van der Waals surface area contributed by atoms with Gasteiger partial charge in [-0.15, -0.1) is 0 Å². The SMILES string of the molecule is CCC(N)CCc1cccc(Cl)c1. The summed E-state index contributed by atoms with van der Waals surface area (Å²) in [5, 5.41) is 0.808. The van der Waals surface area contributed by atoms with Gasteiger partial charge in [0.1, 0.15) is 0 Å². The molecule has 1 unspecified atom stereocenters. The summed E-state index contributed by atoms with van der Waals surface area (Å²) in [5.74, 6) is 0. The summed E-state index contributed by atoms with van der Waals surface area (Å²) in [4.78, 5) is 0. The van der Waals surface area contributed by atoms with Gasteiger partial charge in [0, 0.05) is 11.1 Å². The van der Waals surface area contributed by atoms with Crippen molar-refractivity contribution in [2.75, 3.05) is 0 Å². The molecule has 0 saturated heterocycles. The van der Waals surface area contributed by atoms with Crippen LogP contribution in [0.15, 0.2) is 24.3 Å². The predicted octanol–water partition coefficient (Wildman–Crippen LogP) is 3.01. The van der Waals surface area contributed by atoms with Crippen molar-refractivity contribution < 1.29 is 0 Å². The van der Waals surface area contributed by atoms with E-state index in [4.69, 9.17) is 17.3 Å². The largest absolute Gasteiger partial charge is 0.328 e. The summed E-state index contributed by atoms with van der Waals surface area (Å²) in [6.45, 7) is 2.11. The third-order valence-corrected chi connectivity index (χ3v) is 2.45. The Kier molecular flexibility index (Phi) is 4.26. The van der Waals surface area contributed by atoms with Gasteiger partial charge >= 0.3 is 0 Å². The molecule has 1 aromatic rings. The van der Waals surface area contributed by atoms with Crippen molar-refractivity contribution in [3.63, 3.8) is 0 Å². The second-order valence-electron chi connectivity index (χ2n) is 3.34. The lowest BCUT2D eigenvalue weighted by Gasteiger charge is -2.07. The number of hydrogen-bond donors (Lipinski definition) is 1. The Balaban J connectivity index is 2.45. The van der Waals surface area contributed by atoms with Crippen LogP contribution in [0, 0.1) is 0 Å². The highest BCUT2D eigenvalue weighted by molar-refractivity contribution is 6.30. The molecule has 2 heteroatoms. The maximum Gasteiger partial charge on any atom is 0.0408 e. The Bertz CT molecular complexity index is 260. The quantitative estimate of drug-likeness (QED) is 0.789. The standard InChI is InChI=1S/C11H16ClN/c1-2-11(13)7-6-9-4-3-5-10(12)8-9/h3-5,8,11H,2,6-7,13H2,1H3. The van der Waals surface area contributed by atoms with Crippen molar-refractivity contribution in [3.05, 3.63) is 34.9 Å². The van der Waals surface area contributed by atoms with Crippen LogP contribution in [0.1, 0.15) is 25.3 Å². The Morgan fingerprint density at radius 3 is 2.85 bits per heavy atom. The van der Waals surface area contributed by atoms with Crippen LogP contribution in [0.2, 0.25) is 5.02 Å². The molecule has 0 fully saturated rings. The first-order valence-corrected chi connectivity index (χ1v) is 5.10. The molecule has 0 aromatic heterocycles. The lowest BCUT2D eigenvalue weighted by atomic mass is 10.0. The monoisotopic (exact) mass is 197 g/mol. The van der Waals surface area contributed by atoms with Gasteiger partial charge in [0.05, 0.1) is 0 Å². The van der Waals surface area contributed by atoms with Gasteiger partial charge in [-0.1, -0.05) is 30.7 Å². The van der Waals surface area contributed by atoms with E-state index >= 15 is 0 Å². The topological polar surface area (TPSA) is 26.0 Å². The van der Waals surface area contributed by atoms with E-state index in [2.05, 4.69) is 13.0 Å². The molecule has 0 saturated carbocycles. The summed E-state index contributed by atoms with van der Waals surface area (Å²) in [6, 6.07) is 8.29. The Labute approximate surface area is 84.9 Å². The second kappa shape index (κ2) is 5.25. The minimum absolute atomic E-state index is 0.319. The molecule has 1 nitrogen and oxygen atoms in total. The zero-order valence-electron chi connectivity index (χ0n) is 7.96. The van der Waals surface area contributed by atoms with Crippen LogP contribution < -0.4 is 5.73 Å². The first-order chi connectivity index (χ1) is 6.22. The van der Waals surface area contributed by atoms with Crippen LogP contribution in [0.25, 0.3) is 0 Å². The minimum Gasteiger partial charge on any atom is -0.328 e. The van der Waals surface area contributed by atoms with Gasteiger partial charge in [0.2, 0.25) is 0 Å². The summed E-state index contributed by atoms with van der Waals surface area (Å²) in [7, 11) is 0. The molecule has 0 amide bonds. The van der Waals surface area contributed by atoms with Crippen LogP contribution in [-0.2, 0) is 6.42 Å². The molecule has 72 valence electrons. The molecule has 0 aliphatic heterocycles. The molecule has 0 aliphatic carbocycles. The first-order valence-electron chi connectivity index (χ1n) is 4.72. The van der Waals surface area contributed by atoms with Crippen molar-refractivity contribution in [2.45, 2.75) is 32.2 Å². The van der Waals surface area contributed by atoms with Crippen molar-refractivity contribution in [3.8, 4) is 0 Å². The number of hydrogen-bond acceptors (Lipinski definition) is 1. The van der Waals surface area contributed by atoms with Gasteiger partial charge in [0.25, 0.3) is 0 Å². The van der Waals surface area contributed by atoms with Crippen molar-refractivity contribution in [2.24, 2.45) is 5.73 Å². The Hall–Kier alpha value is -0.530. The van der Waals surface area contributed by atoms with Crippen LogP contribution in [0.4, 0.5) is 0 Å². The average Bonchev–Trinajstić information content (AvgIpc) is 2.14. The molecule has 1 aromatic carbocycles. The number of benzene rings is 1. The Morgan fingerprint density at radius 1 is 1.46 bits per heavy atom. The lowest BCUT2D eigenvalue weighted by Crippen LogP contribution is -2.18. The molecule has 0 aliphatic rings. The van der Waals surface area contributed by atoms with Gasteiger partial charge < -0.3 is 5.73 Å². The summed E-state index contributed by atoms with van der Waals surface area (Å²) >= 11 is 5.86. The highest BCUT2D eigenvalue weighted by atomic mass is 35.5. The fourth-order valence-electron chi connectivity index (χ4n) is 1.25. The molecule has 0 bridgehead atoms. The smallest absolute Gasteiger partial charge is 0.0408 e. The molecular formula is C11H16ClN. The molecular weight excluding hydrogens is 182 g/mol. The average molecular weight is 198 g/mol.